The summed E-state index contributed by atoms with van der Waals surface area (Å²) in [6.07, 6.45) is 9.37. The molecule has 2 aliphatic rings. The quantitative estimate of drug-likeness (QED) is 0.193. The Labute approximate surface area is 200 Å². The zero-order chi connectivity index (χ0) is 25.2. The Hall–Kier alpha value is -3.09. The highest BCUT2D eigenvalue weighted by atomic mass is 16.5. The molecule has 0 amide bonds. The van der Waals surface area contributed by atoms with Gasteiger partial charge in [0.25, 0.3) is 0 Å². The molecular weight excluding hydrogens is 434 g/mol. The van der Waals surface area contributed by atoms with Crippen molar-refractivity contribution in [2.75, 3.05) is 6.54 Å². The topological polar surface area (TPSA) is 113 Å². The maximum atomic E-state index is 13.7. The molecule has 1 heterocycles. The number of Topliss-reactive ketones (excluding diaryl/α,β-unsaturated/α-hetero) is 2. The summed E-state index contributed by atoms with van der Waals surface area (Å²) >= 11 is 0. The summed E-state index contributed by atoms with van der Waals surface area (Å²) in [6, 6.07) is 0. The number of aromatic hydroxyl groups is 2. The maximum absolute atomic E-state index is 13.7. The summed E-state index contributed by atoms with van der Waals surface area (Å²) in [7, 11) is 0. The molecule has 0 saturated heterocycles. The first-order valence-electron chi connectivity index (χ1n) is 12.1. The predicted molar refractivity (Wildman–Crippen MR) is 129 cm³/mol. The van der Waals surface area contributed by atoms with Gasteiger partial charge >= 0.3 is 0 Å². The van der Waals surface area contributed by atoms with Gasteiger partial charge in [0.15, 0.2) is 17.3 Å². The Morgan fingerprint density at radius 2 is 1.65 bits per heavy atom. The van der Waals surface area contributed by atoms with Crippen LogP contribution in [0.2, 0.25) is 0 Å². The zero-order valence-corrected chi connectivity index (χ0v) is 20.8. The number of hydrogen-bond donors (Lipinski definition) is 3. The van der Waals surface area contributed by atoms with Crippen molar-refractivity contribution in [1.29, 1.82) is 0 Å². The summed E-state index contributed by atoms with van der Waals surface area (Å²) in [6.45, 7) is 8.85. The van der Waals surface area contributed by atoms with Gasteiger partial charge in [0.1, 0.15) is 34.0 Å². The minimum atomic E-state index is -1.48. The minimum Gasteiger partial charge on any atom is -0.507 e. The smallest absolute Gasteiger partial charge is 0.194 e. The Bertz CT molecular complexity index is 1100. The minimum absolute atomic E-state index is 0.0140. The molecule has 0 radical (unpaired) electrons. The third kappa shape index (κ3) is 4.24. The van der Waals surface area contributed by atoms with E-state index in [-0.39, 0.29) is 39.5 Å². The zero-order valence-electron chi connectivity index (χ0n) is 20.8. The van der Waals surface area contributed by atoms with E-state index in [1.165, 1.54) is 45.6 Å². The van der Waals surface area contributed by atoms with Gasteiger partial charge in [0.2, 0.25) is 0 Å². The molecule has 7 nitrogen and oxygen atoms in total. The molecule has 3 rings (SSSR count). The van der Waals surface area contributed by atoms with E-state index in [0.29, 0.717) is 12.2 Å². The highest BCUT2D eigenvalue weighted by Gasteiger charge is 2.56. The lowest BCUT2D eigenvalue weighted by Gasteiger charge is -2.29. The van der Waals surface area contributed by atoms with Gasteiger partial charge in [-0.05, 0) is 34.1 Å². The van der Waals surface area contributed by atoms with Crippen LogP contribution in [0, 0.1) is 6.92 Å². The lowest BCUT2D eigenvalue weighted by molar-refractivity contribution is -0.123. The first kappa shape index (κ1) is 25.5. The van der Waals surface area contributed by atoms with Crippen molar-refractivity contribution in [3.05, 3.63) is 39.8 Å². The number of ether oxygens (including phenoxy) is 1. The van der Waals surface area contributed by atoms with Gasteiger partial charge in [-0.15, -0.1) is 0 Å². The first-order chi connectivity index (χ1) is 16.1. The Morgan fingerprint density at radius 3 is 2.26 bits per heavy atom. The summed E-state index contributed by atoms with van der Waals surface area (Å²) in [5.74, 6) is -2.20. The summed E-state index contributed by atoms with van der Waals surface area (Å²) < 4.78 is 5.78. The molecule has 1 aliphatic carbocycles. The number of nitrogens with one attached hydrogen (secondary N) is 1. The molecule has 7 heteroatoms. The van der Waals surface area contributed by atoms with E-state index in [2.05, 4.69) is 12.2 Å². The summed E-state index contributed by atoms with van der Waals surface area (Å²) in [4.78, 5) is 38.9. The van der Waals surface area contributed by atoms with Crippen LogP contribution in [0.15, 0.2) is 23.1 Å². The van der Waals surface area contributed by atoms with Crippen molar-refractivity contribution in [2.24, 2.45) is 0 Å². The molecule has 0 aromatic heterocycles. The molecule has 1 aromatic rings. The van der Waals surface area contributed by atoms with Gasteiger partial charge in [-0.3, -0.25) is 14.4 Å². The van der Waals surface area contributed by atoms with Crippen LogP contribution in [0.25, 0.3) is 0 Å². The van der Waals surface area contributed by atoms with E-state index >= 15 is 0 Å². The van der Waals surface area contributed by atoms with Crippen molar-refractivity contribution in [2.45, 2.75) is 85.0 Å². The Balaban J connectivity index is 1.89. The lowest BCUT2D eigenvalue weighted by atomic mass is 9.70. The molecule has 184 valence electrons. The number of allylic oxidation sites excluding steroid dienone is 4. The van der Waals surface area contributed by atoms with Gasteiger partial charge in [-0.1, -0.05) is 45.4 Å². The standard InChI is InChI=1S/C27H35NO6/c1-6-7-8-9-10-11-12-13-28-16(3)20-18(30)14-19-27(5,26(20)33)22-24(32)15(2)23(31)21(17(4)29)25(22)34-19/h14,28,31-32H,6-13H2,1-5H3. The van der Waals surface area contributed by atoms with E-state index in [0.717, 1.165) is 19.3 Å². The van der Waals surface area contributed by atoms with Crippen molar-refractivity contribution < 1.29 is 29.3 Å². The number of ketones is 3. The molecule has 1 unspecified atom stereocenters. The first-order valence-corrected chi connectivity index (χ1v) is 12.1. The third-order valence-electron chi connectivity index (χ3n) is 6.93. The maximum Gasteiger partial charge on any atom is 0.194 e. The summed E-state index contributed by atoms with van der Waals surface area (Å²) in [5.41, 5.74) is -0.907. The lowest BCUT2D eigenvalue weighted by Crippen LogP contribution is -2.41. The van der Waals surface area contributed by atoms with Crippen LogP contribution in [0.3, 0.4) is 0 Å². The third-order valence-corrected chi connectivity index (χ3v) is 6.93. The molecule has 0 saturated carbocycles. The van der Waals surface area contributed by atoms with Gasteiger partial charge in [0.05, 0.1) is 11.1 Å². The van der Waals surface area contributed by atoms with E-state index in [1.807, 2.05) is 0 Å². The number of carbonyl (C=O) groups excluding carboxylic acids is 3. The second-order valence-electron chi connectivity index (χ2n) is 9.43. The molecule has 3 N–H and O–H groups in total. The van der Waals surface area contributed by atoms with Gasteiger partial charge in [-0.2, -0.15) is 0 Å². The van der Waals surface area contributed by atoms with Crippen molar-refractivity contribution in [3.63, 3.8) is 0 Å². The van der Waals surface area contributed by atoms with Crippen LogP contribution in [-0.2, 0) is 15.0 Å². The number of hydrogen-bond acceptors (Lipinski definition) is 7. The van der Waals surface area contributed by atoms with Crippen LogP contribution in [0.4, 0.5) is 0 Å². The van der Waals surface area contributed by atoms with Gasteiger partial charge in [0, 0.05) is 23.9 Å². The molecule has 0 fully saturated rings. The Morgan fingerprint density at radius 1 is 1.03 bits per heavy atom. The fourth-order valence-corrected chi connectivity index (χ4v) is 4.81. The fourth-order valence-electron chi connectivity index (χ4n) is 4.81. The number of phenols is 2. The summed E-state index contributed by atoms with van der Waals surface area (Å²) in [5, 5.41) is 24.5. The molecule has 1 aliphatic heterocycles. The van der Waals surface area contributed by atoms with Crippen molar-refractivity contribution in [3.8, 4) is 17.2 Å². The Kier molecular flexibility index (Phi) is 7.54. The second-order valence-corrected chi connectivity index (χ2v) is 9.43. The monoisotopic (exact) mass is 469 g/mol. The van der Waals surface area contributed by atoms with Crippen LogP contribution in [-0.4, -0.2) is 34.1 Å². The highest BCUT2D eigenvalue weighted by molar-refractivity contribution is 6.31. The van der Waals surface area contributed by atoms with Crippen LogP contribution >= 0.6 is 0 Å². The van der Waals surface area contributed by atoms with E-state index in [4.69, 9.17) is 4.74 Å². The molecule has 0 bridgehead atoms. The van der Waals surface area contributed by atoms with Gasteiger partial charge < -0.3 is 20.3 Å². The molecule has 1 atom stereocenters. The normalized spacial score (nSPS) is 20.4. The predicted octanol–water partition coefficient (Wildman–Crippen LogP) is 4.91. The second kappa shape index (κ2) is 10.0. The van der Waals surface area contributed by atoms with E-state index in [9.17, 15) is 24.6 Å². The van der Waals surface area contributed by atoms with E-state index < -0.39 is 28.5 Å². The van der Waals surface area contributed by atoms with Crippen molar-refractivity contribution >= 4 is 17.3 Å². The fraction of sp³-hybridized carbons (Fsp3) is 0.519. The number of unbranched alkanes of at least 4 members (excludes halogenated alkanes) is 6. The molecule has 1 aromatic carbocycles. The van der Waals surface area contributed by atoms with Crippen LogP contribution in [0.5, 0.6) is 17.2 Å². The van der Waals surface area contributed by atoms with Gasteiger partial charge in [-0.25, -0.2) is 0 Å². The number of rotatable bonds is 10. The van der Waals surface area contributed by atoms with E-state index in [1.54, 1.807) is 13.8 Å². The highest BCUT2D eigenvalue weighted by Crippen LogP contribution is 2.57. The average molecular weight is 470 g/mol. The van der Waals surface area contributed by atoms with Crippen LogP contribution < -0.4 is 10.1 Å². The van der Waals surface area contributed by atoms with Crippen LogP contribution in [0.1, 0.15) is 94.1 Å². The number of carbonyl (C=O) groups is 3. The number of benzene rings is 1. The molecular formula is C27H35NO6. The molecule has 0 spiro atoms. The number of phenolic OH excluding ortho intramolecular Hbond substituents is 2. The SMILES string of the molecule is CCCCCCCCCNC(C)=C1C(=O)C=C2Oc3c(C(C)=O)c(O)c(C)c(O)c3C2(C)C1=O. The average Bonchev–Trinajstić information content (AvgIpc) is 3.07. The molecule has 34 heavy (non-hydrogen) atoms. The largest absolute Gasteiger partial charge is 0.507 e. The van der Waals surface area contributed by atoms with Crippen molar-refractivity contribution in [1.82, 2.24) is 5.32 Å². The number of fused-ring (bicyclic) bond motifs is 3.